The van der Waals surface area contributed by atoms with E-state index in [2.05, 4.69) is 15.8 Å². The summed E-state index contributed by atoms with van der Waals surface area (Å²) in [5.41, 5.74) is 2.10. The molecular formula is C13H17ClN2OS. The largest absolute Gasteiger partial charge is 0.598 e. The van der Waals surface area contributed by atoms with Crippen LogP contribution in [0.3, 0.4) is 0 Å². The number of hydrogen-bond donors (Lipinski definition) is 1. The molecule has 5 heteroatoms. The smallest absolute Gasteiger partial charge is 0.136 e. The van der Waals surface area contributed by atoms with E-state index in [1.807, 2.05) is 32.9 Å². The highest BCUT2D eigenvalue weighted by molar-refractivity contribution is 7.90. The molecule has 0 spiro atoms. The molecule has 0 radical (unpaired) electrons. The number of aromatic nitrogens is 1. The van der Waals surface area contributed by atoms with E-state index in [0.29, 0.717) is 5.15 Å². The Morgan fingerprint density at radius 2 is 2.22 bits per heavy atom. The van der Waals surface area contributed by atoms with Gasteiger partial charge >= 0.3 is 0 Å². The highest BCUT2D eigenvalue weighted by atomic mass is 35.5. The summed E-state index contributed by atoms with van der Waals surface area (Å²) in [4.78, 5) is 4.07. The first-order valence-electron chi connectivity index (χ1n) is 5.88. The second-order valence-corrected chi connectivity index (χ2v) is 7.71. The minimum Gasteiger partial charge on any atom is -0.598 e. The standard InChI is InChI=1S/C13H17ClN2OS/c1-13(2,3)18(17)16-11-6-4-5-9-8-15-12(14)7-10(9)11/h4-5,7-8,11,16H,6H2,1-3H3/t11?,18-/m0/s1. The Morgan fingerprint density at radius 3 is 2.89 bits per heavy atom. The van der Waals surface area contributed by atoms with Gasteiger partial charge in [-0.2, -0.15) is 0 Å². The topological polar surface area (TPSA) is 48.0 Å². The second-order valence-electron chi connectivity index (χ2n) is 5.33. The normalized spacial score (nSPS) is 20.6. The highest BCUT2D eigenvalue weighted by Crippen LogP contribution is 2.30. The molecule has 1 aliphatic carbocycles. The molecule has 1 aromatic rings. The van der Waals surface area contributed by atoms with Gasteiger partial charge in [-0.05, 0) is 44.4 Å². The number of hydrogen-bond acceptors (Lipinski definition) is 3. The third-order valence-electron chi connectivity index (χ3n) is 2.78. The lowest BCUT2D eigenvalue weighted by atomic mass is 9.95. The molecule has 18 heavy (non-hydrogen) atoms. The Kier molecular flexibility index (Phi) is 4.02. The Labute approximate surface area is 116 Å². The molecular weight excluding hydrogens is 268 g/mol. The molecule has 1 aromatic heterocycles. The maximum absolute atomic E-state index is 12.2. The Hall–Kier alpha value is -0.550. The fraction of sp³-hybridized carbons (Fsp3) is 0.462. The first-order valence-corrected chi connectivity index (χ1v) is 7.41. The molecule has 1 unspecified atom stereocenters. The van der Waals surface area contributed by atoms with Gasteiger partial charge in [-0.25, -0.2) is 4.98 Å². The minimum atomic E-state index is -1.10. The molecule has 1 N–H and O–H groups in total. The van der Waals surface area contributed by atoms with Crippen molar-refractivity contribution in [1.29, 1.82) is 0 Å². The van der Waals surface area contributed by atoms with Crippen molar-refractivity contribution in [1.82, 2.24) is 9.71 Å². The molecule has 0 amide bonds. The molecule has 2 atom stereocenters. The zero-order valence-electron chi connectivity index (χ0n) is 10.7. The fourth-order valence-electron chi connectivity index (χ4n) is 1.77. The number of halogens is 1. The van der Waals surface area contributed by atoms with Crippen LogP contribution in [0.2, 0.25) is 5.15 Å². The van der Waals surface area contributed by atoms with Crippen molar-refractivity contribution in [2.45, 2.75) is 38.0 Å². The maximum Gasteiger partial charge on any atom is 0.136 e. The Bertz CT molecular complexity index is 471. The van der Waals surface area contributed by atoms with E-state index in [4.69, 9.17) is 11.6 Å². The van der Waals surface area contributed by atoms with Gasteiger partial charge in [0.05, 0.1) is 6.04 Å². The Balaban J connectivity index is 2.22. The van der Waals surface area contributed by atoms with Crippen LogP contribution >= 0.6 is 11.6 Å². The van der Waals surface area contributed by atoms with Gasteiger partial charge in [-0.1, -0.05) is 23.8 Å². The summed E-state index contributed by atoms with van der Waals surface area (Å²) >= 11 is 4.83. The molecule has 1 aliphatic rings. The Morgan fingerprint density at radius 1 is 1.50 bits per heavy atom. The molecule has 0 aromatic carbocycles. The van der Waals surface area contributed by atoms with Crippen molar-refractivity contribution in [2.75, 3.05) is 0 Å². The number of pyridine rings is 1. The van der Waals surface area contributed by atoms with E-state index in [9.17, 15) is 4.55 Å². The lowest BCUT2D eigenvalue weighted by Crippen LogP contribution is -2.41. The van der Waals surface area contributed by atoms with Crippen LogP contribution < -0.4 is 4.72 Å². The van der Waals surface area contributed by atoms with E-state index < -0.39 is 11.4 Å². The molecule has 2 rings (SSSR count). The predicted octanol–water partition coefficient (Wildman–Crippen LogP) is 3.24. The zero-order chi connectivity index (χ0) is 13.3. The van der Waals surface area contributed by atoms with Gasteiger partial charge < -0.3 is 4.55 Å². The second kappa shape index (κ2) is 5.21. The van der Waals surface area contributed by atoms with E-state index in [0.717, 1.165) is 17.5 Å². The lowest BCUT2D eigenvalue weighted by molar-refractivity contribution is 0.523. The highest BCUT2D eigenvalue weighted by Gasteiger charge is 2.30. The molecule has 0 bridgehead atoms. The summed E-state index contributed by atoms with van der Waals surface area (Å²) in [7, 11) is 0. The SMILES string of the molecule is CC(C)(C)[S@+]([O-])NC1CC=Cc2cnc(Cl)cc21. The number of fused-ring (bicyclic) bond motifs is 1. The molecule has 0 fully saturated rings. The van der Waals surface area contributed by atoms with Crippen molar-refractivity contribution in [3.63, 3.8) is 0 Å². The van der Waals surface area contributed by atoms with Crippen molar-refractivity contribution >= 4 is 29.0 Å². The summed E-state index contributed by atoms with van der Waals surface area (Å²) in [5.74, 6) is 0. The lowest BCUT2D eigenvalue weighted by Gasteiger charge is -2.29. The van der Waals surface area contributed by atoms with Gasteiger partial charge in [-0.15, -0.1) is 4.72 Å². The van der Waals surface area contributed by atoms with Crippen LogP contribution in [0.15, 0.2) is 18.3 Å². The van der Waals surface area contributed by atoms with E-state index in [-0.39, 0.29) is 10.8 Å². The number of nitrogens with zero attached hydrogens (tertiary/aromatic N) is 1. The zero-order valence-corrected chi connectivity index (χ0v) is 12.3. The molecule has 0 saturated carbocycles. The summed E-state index contributed by atoms with van der Waals surface area (Å²) in [6, 6.07) is 1.88. The van der Waals surface area contributed by atoms with Gasteiger partial charge in [0, 0.05) is 17.6 Å². The van der Waals surface area contributed by atoms with Crippen molar-refractivity contribution in [2.24, 2.45) is 0 Å². The molecule has 1 heterocycles. The summed E-state index contributed by atoms with van der Waals surface area (Å²) in [6.45, 7) is 5.86. The van der Waals surface area contributed by atoms with Crippen LogP contribution in [0.25, 0.3) is 6.08 Å². The minimum absolute atomic E-state index is 0.0329. The van der Waals surface area contributed by atoms with Crippen LogP contribution in [-0.4, -0.2) is 14.3 Å². The van der Waals surface area contributed by atoms with E-state index in [1.165, 1.54) is 0 Å². The first-order chi connectivity index (χ1) is 8.38. The van der Waals surface area contributed by atoms with Crippen molar-refractivity contribution in [3.8, 4) is 0 Å². The van der Waals surface area contributed by atoms with Gasteiger partial charge in [0.25, 0.3) is 0 Å². The summed E-state index contributed by atoms with van der Waals surface area (Å²) in [5, 5.41) is 0.470. The van der Waals surface area contributed by atoms with Crippen molar-refractivity contribution < 1.29 is 4.55 Å². The van der Waals surface area contributed by atoms with E-state index >= 15 is 0 Å². The average Bonchev–Trinajstić information content (AvgIpc) is 2.28. The van der Waals surface area contributed by atoms with Gasteiger partial charge in [0.1, 0.15) is 9.90 Å². The quantitative estimate of drug-likeness (QED) is 0.670. The molecule has 0 saturated heterocycles. The summed E-state index contributed by atoms with van der Waals surface area (Å²) < 4.78 is 15.1. The van der Waals surface area contributed by atoms with Crippen LogP contribution in [0, 0.1) is 0 Å². The van der Waals surface area contributed by atoms with Gasteiger partial charge in [-0.3, -0.25) is 0 Å². The summed E-state index contributed by atoms with van der Waals surface area (Å²) in [6.07, 6.45) is 6.66. The van der Waals surface area contributed by atoms with Crippen LogP contribution in [-0.2, 0) is 11.4 Å². The van der Waals surface area contributed by atoms with Crippen molar-refractivity contribution in [3.05, 3.63) is 34.6 Å². The van der Waals surface area contributed by atoms with Crippen LogP contribution in [0.4, 0.5) is 0 Å². The number of nitrogens with one attached hydrogen (secondary N) is 1. The maximum atomic E-state index is 12.2. The third-order valence-corrected chi connectivity index (χ3v) is 4.60. The molecule has 98 valence electrons. The fourth-order valence-corrected chi connectivity index (χ4v) is 2.77. The monoisotopic (exact) mass is 284 g/mol. The van der Waals surface area contributed by atoms with E-state index in [1.54, 1.807) is 6.20 Å². The van der Waals surface area contributed by atoms with Crippen LogP contribution in [0.1, 0.15) is 44.4 Å². The van der Waals surface area contributed by atoms with Crippen LogP contribution in [0.5, 0.6) is 0 Å². The average molecular weight is 285 g/mol. The first kappa shape index (κ1) is 13.9. The predicted molar refractivity (Wildman–Crippen MR) is 76.7 cm³/mol. The number of rotatable bonds is 2. The molecule has 0 aliphatic heterocycles. The van der Waals surface area contributed by atoms with Gasteiger partial charge in [0.2, 0.25) is 0 Å². The molecule has 3 nitrogen and oxygen atoms in total. The third kappa shape index (κ3) is 3.06. The van der Waals surface area contributed by atoms with Gasteiger partial charge in [0.15, 0.2) is 0 Å².